The number of likely N-dealkylation sites (tertiary alicyclic amines) is 1. The predicted molar refractivity (Wildman–Crippen MR) is 59.6 cm³/mol. The smallest absolute Gasteiger partial charge is 0.326 e. The molecule has 1 fully saturated rings. The van der Waals surface area contributed by atoms with E-state index in [9.17, 15) is 9.59 Å². The molecule has 0 aliphatic carbocycles. The summed E-state index contributed by atoms with van der Waals surface area (Å²) in [6.07, 6.45) is 0.0648. The Hall–Kier alpha value is -1.14. The van der Waals surface area contributed by atoms with Crippen molar-refractivity contribution < 1.29 is 24.2 Å². The van der Waals surface area contributed by atoms with Crippen molar-refractivity contribution in [2.24, 2.45) is 0 Å². The van der Waals surface area contributed by atoms with Gasteiger partial charge in [0.15, 0.2) is 0 Å². The molecule has 0 saturated carbocycles. The van der Waals surface area contributed by atoms with Crippen LogP contribution in [0.4, 0.5) is 0 Å². The summed E-state index contributed by atoms with van der Waals surface area (Å²) in [5.41, 5.74) is 0. The molecule has 1 heterocycles. The number of hydrogen-bond donors (Lipinski definition) is 1. The number of rotatable bonds is 5. The summed E-state index contributed by atoms with van der Waals surface area (Å²) in [5.74, 6) is -1.27. The Morgan fingerprint density at radius 3 is 2.53 bits per heavy atom. The maximum atomic E-state index is 12.1. The lowest BCUT2D eigenvalue weighted by Crippen LogP contribution is -2.46. The Balaban J connectivity index is 2.79. The van der Waals surface area contributed by atoms with E-state index < -0.39 is 18.1 Å². The fraction of sp³-hybridized carbons (Fsp3) is 0.818. The zero-order chi connectivity index (χ0) is 13.0. The second kappa shape index (κ2) is 5.97. The minimum absolute atomic E-state index is 0.214. The van der Waals surface area contributed by atoms with E-state index in [4.69, 9.17) is 14.6 Å². The van der Waals surface area contributed by atoms with Gasteiger partial charge in [0, 0.05) is 27.2 Å². The number of carboxylic acid groups (broad SMARTS) is 1. The van der Waals surface area contributed by atoms with Gasteiger partial charge in [-0.25, -0.2) is 4.79 Å². The Kier molecular flexibility index (Phi) is 4.89. The third-order valence-electron chi connectivity index (χ3n) is 3.09. The molecule has 1 saturated heterocycles. The number of nitrogens with zero attached hydrogens (tertiary/aromatic N) is 1. The summed E-state index contributed by atoms with van der Waals surface area (Å²) in [4.78, 5) is 24.5. The Bertz CT molecular complexity index is 290. The van der Waals surface area contributed by atoms with E-state index in [1.165, 1.54) is 19.1 Å². The molecule has 6 nitrogen and oxygen atoms in total. The summed E-state index contributed by atoms with van der Waals surface area (Å²) in [6.45, 7) is 2.14. The van der Waals surface area contributed by atoms with Gasteiger partial charge in [0.2, 0.25) is 0 Å². The normalized spacial score (nSPS) is 25.9. The SMILES string of the molecule is CCC(OC)C(=O)N1CC(OC)CC1C(=O)O. The fourth-order valence-electron chi connectivity index (χ4n) is 2.07. The Labute approximate surface area is 100 Å². The van der Waals surface area contributed by atoms with Crippen molar-refractivity contribution in [2.45, 2.75) is 38.0 Å². The summed E-state index contributed by atoms with van der Waals surface area (Å²) in [5, 5.41) is 9.08. The lowest BCUT2D eigenvalue weighted by molar-refractivity contribution is -0.153. The summed E-state index contributed by atoms with van der Waals surface area (Å²) < 4.78 is 10.2. The number of aliphatic carboxylic acids is 1. The maximum Gasteiger partial charge on any atom is 0.326 e. The van der Waals surface area contributed by atoms with Crippen molar-refractivity contribution in [1.82, 2.24) is 4.90 Å². The zero-order valence-corrected chi connectivity index (χ0v) is 10.4. The maximum absolute atomic E-state index is 12.1. The third-order valence-corrected chi connectivity index (χ3v) is 3.09. The van der Waals surface area contributed by atoms with E-state index >= 15 is 0 Å². The minimum Gasteiger partial charge on any atom is -0.480 e. The van der Waals surface area contributed by atoms with Gasteiger partial charge in [-0.2, -0.15) is 0 Å². The number of amides is 1. The van der Waals surface area contributed by atoms with Crippen molar-refractivity contribution in [2.75, 3.05) is 20.8 Å². The van der Waals surface area contributed by atoms with Crippen molar-refractivity contribution >= 4 is 11.9 Å². The van der Waals surface area contributed by atoms with E-state index in [0.29, 0.717) is 19.4 Å². The van der Waals surface area contributed by atoms with Gasteiger partial charge in [0.05, 0.1) is 6.10 Å². The molecule has 0 aromatic heterocycles. The van der Waals surface area contributed by atoms with Gasteiger partial charge in [-0.15, -0.1) is 0 Å². The molecule has 0 radical (unpaired) electrons. The molecule has 17 heavy (non-hydrogen) atoms. The molecule has 1 amide bonds. The zero-order valence-electron chi connectivity index (χ0n) is 10.4. The van der Waals surface area contributed by atoms with E-state index in [1.807, 2.05) is 6.92 Å². The average Bonchev–Trinajstić information content (AvgIpc) is 2.74. The Morgan fingerprint density at radius 2 is 2.12 bits per heavy atom. The first-order chi connectivity index (χ1) is 8.04. The van der Waals surface area contributed by atoms with Crippen LogP contribution in [0.15, 0.2) is 0 Å². The molecule has 6 heteroatoms. The highest BCUT2D eigenvalue weighted by atomic mass is 16.5. The number of ether oxygens (including phenoxy) is 2. The summed E-state index contributed by atoms with van der Waals surface area (Å²) in [7, 11) is 2.97. The molecule has 3 atom stereocenters. The quantitative estimate of drug-likeness (QED) is 0.744. The molecule has 1 aliphatic rings. The summed E-state index contributed by atoms with van der Waals surface area (Å²) >= 11 is 0. The molecule has 0 bridgehead atoms. The molecule has 1 rings (SSSR count). The largest absolute Gasteiger partial charge is 0.480 e. The van der Waals surface area contributed by atoms with Crippen LogP contribution < -0.4 is 0 Å². The molecular formula is C11H19NO5. The second-order valence-electron chi connectivity index (χ2n) is 4.07. The van der Waals surface area contributed by atoms with Gasteiger partial charge in [0.1, 0.15) is 12.1 Å². The van der Waals surface area contributed by atoms with Crippen molar-refractivity contribution in [3.8, 4) is 0 Å². The fourth-order valence-corrected chi connectivity index (χ4v) is 2.07. The first-order valence-corrected chi connectivity index (χ1v) is 5.64. The first-order valence-electron chi connectivity index (χ1n) is 5.64. The average molecular weight is 245 g/mol. The summed E-state index contributed by atoms with van der Waals surface area (Å²) in [6, 6.07) is -0.809. The van der Waals surface area contributed by atoms with Gasteiger partial charge in [-0.05, 0) is 6.42 Å². The predicted octanol–water partition coefficient (Wildman–Crippen LogP) is 0.112. The third kappa shape index (κ3) is 2.95. The molecule has 1 N–H and O–H groups in total. The first kappa shape index (κ1) is 13.9. The van der Waals surface area contributed by atoms with Gasteiger partial charge >= 0.3 is 5.97 Å². The molecule has 0 spiro atoms. The molecule has 98 valence electrons. The van der Waals surface area contributed by atoms with Crippen LogP contribution in [0.1, 0.15) is 19.8 Å². The van der Waals surface area contributed by atoms with Crippen molar-refractivity contribution in [3.05, 3.63) is 0 Å². The minimum atomic E-state index is -0.996. The Morgan fingerprint density at radius 1 is 1.47 bits per heavy atom. The molecule has 0 aromatic carbocycles. The van der Waals surface area contributed by atoms with Crippen LogP contribution in [0, 0.1) is 0 Å². The van der Waals surface area contributed by atoms with Crippen molar-refractivity contribution in [1.29, 1.82) is 0 Å². The highest BCUT2D eigenvalue weighted by Crippen LogP contribution is 2.22. The van der Waals surface area contributed by atoms with Crippen LogP contribution in [-0.2, 0) is 19.1 Å². The number of carbonyl (C=O) groups is 2. The van der Waals surface area contributed by atoms with Gasteiger partial charge in [-0.1, -0.05) is 6.92 Å². The molecule has 3 unspecified atom stereocenters. The van der Waals surface area contributed by atoms with Gasteiger partial charge in [-0.3, -0.25) is 4.79 Å². The lowest BCUT2D eigenvalue weighted by Gasteiger charge is -2.25. The van der Waals surface area contributed by atoms with Crippen molar-refractivity contribution in [3.63, 3.8) is 0 Å². The van der Waals surface area contributed by atoms with Gasteiger partial charge in [0.25, 0.3) is 5.91 Å². The van der Waals surface area contributed by atoms with E-state index in [0.717, 1.165) is 0 Å². The number of hydrogen-bond acceptors (Lipinski definition) is 4. The van der Waals surface area contributed by atoms with E-state index in [1.54, 1.807) is 0 Å². The monoisotopic (exact) mass is 245 g/mol. The number of carbonyl (C=O) groups excluding carboxylic acids is 1. The standard InChI is InChI=1S/C11H19NO5/c1-4-9(17-3)10(13)12-6-7(16-2)5-8(12)11(14)15/h7-9H,4-6H2,1-3H3,(H,14,15). The molecule has 0 aromatic rings. The second-order valence-corrected chi connectivity index (χ2v) is 4.07. The lowest BCUT2D eigenvalue weighted by atomic mass is 10.2. The van der Waals surface area contributed by atoms with Crippen LogP contribution in [0.2, 0.25) is 0 Å². The molecule has 1 aliphatic heterocycles. The highest BCUT2D eigenvalue weighted by molar-refractivity contribution is 5.87. The van der Waals surface area contributed by atoms with Crippen LogP contribution in [-0.4, -0.2) is 60.9 Å². The highest BCUT2D eigenvalue weighted by Gasteiger charge is 2.41. The van der Waals surface area contributed by atoms with E-state index in [-0.39, 0.29) is 12.0 Å². The number of methoxy groups -OCH3 is 2. The topological polar surface area (TPSA) is 76.1 Å². The van der Waals surface area contributed by atoms with Crippen LogP contribution >= 0.6 is 0 Å². The van der Waals surface area contributed by atoms with Crippen LogP contribution in [0.25, 0.3) is 0 Å². The van der Waals surface area contributed by atoms with Gasteiger partial charge < -0.3 is 19.5 Å². The molecular weight excluding hydrogens is 226 g/mol. The van der Waals surface area contributed by atoms with Crippen LogP contribution in [0.5, 0.6) is 0 Å². The van der Waals surface area contributed by atoms with E-state index in [2.05, 4.69) is 0 Å². The van der Waals surface area contributed by atoms with Crippen LogP contribution in [0.3, 0.4) is 0 Å². The number of carboxylic acids is 1.